The maximum Gasteiger partial charge on any atom is 0.224 e. The smallest absolute Gasteiger partial charge is 0.224 e. The number of nitrogens with zero attached hydrogens (tertiary/aromatic N) is 7. The first kappa shape index (κ1) is 26.4. The standard InChI is InChI=1S/C18H22N4.C13H18ClN3/c1-2-6-13-22(12-5-1)18-14-8-7-10-15(14)20-17(21-18)16-9-3-4-11-19-16;14-13-15-11-7-5-6-10(11)12(16-13)17-8-3-1-2-4-9-17/h3-4,9,11H,1-2,5-8,10,12-13H2;1-9H2. The zero-order chi connectivity index (χ0) is 26.4. The van der Waals surface area contributed by atoms with Crippen molar-refractivity contribution in [3.63, 3.8) is 0 Å². The fourth-order valence-electron chi connectivity index (χ4n) is 6.49. The third-order valence-corrected chi connectivity index (χ3v) is 8.67. The summed E-state index contributed by atoms with van der Waals surface area (Å²) in [5.74, 6) is 3.10. The van der Waals surface area contributed by atoms with E-state index in [0.29, 0.717) is 5.28 Å². The average molecular weight is 546 g/mol. The Kier molecular flexibility index (Phi) is 8.53. The highest BCUT2D eigenvalue weighted by Gasteiger charge is 2.25. The molecule has 7 nitrogen and oxygen atoms in total. The Labute approximate surface area is 237 Å². The molecule has 0 spiro atoms. The van der Waals surface area contributed by atoms with Gasteiger partial charge in [0, 0.05) is 49.2 Å². The van der Waals surface area contributed by atoms with E-state index in [1.54, 1.807) is 0 Å². The van der Waals surface area contributed by atoms with Crippen LogP contribution < -0.4 is 9.80 Å². The summed E-state index contributed by atoms with van der Waals surface area (Å²) in [6, 6.07) is 5.94. The average Bonchev–Trinajstić information content (AvgIpc) is 3.44. The van der Waals surface area contributed by atoms with Crippen LogP contribution >= 0.6 is 11.6 Å². The van der Waals surface area contributed by atoms with E-state index in [1.165, 1.54) is 92.5 Å². The predicted octanol–water partition coefficient (Wildman–Crippen LogP) is 6.41. The van der Waals surface area contributed by atoms with Crippen molar-refractivity contribution in [2.75, 3.05) is 36.0 Å². The molecule has 2 saturated heterocycles. The maximum atomic E-state index is 6.04. The van der Waals surface area contributed by atoms with Gasteiger partial charge in [0.2, 0.25) is 5.28 Å². The van der Waals surface area contributed by atoms with Gasteiger partial charge in [0.15, 0.2) is 5.82 Å². The van der Waals surface area contributed by atoms with Gasteiger partial charge in [-0.15, -0.1) is 0 Å². The van der Waals surface area contributed by atoms with Crippen LogP contribution in [0.4, 0.5) is 11.6 Å². The molecule has 5 heterocycles. The number of halogens is 1. The monoisotopic (exact) mass is 545 g/mol. The predicted molar refractivity (Wildman–Crippen MR) is 158 cm³/mol. The molecule has 39 heavy (non-hydrogen) atoms. The van der Waals surface area contributed by atoms with Crippen LogP contribution in [0, 0.1) is 0 Å². The quantitative estimate of drug-likeness (QED) is 0.352. The highest BCUT2D eigenvalue weighted by Crippen LogP contribution is 2.33. The first-order valence-corrected chi connectivity index (χ1v) is 15.5. The van der Waals surface area contributed by atoms with Crippen molar-refractivity contribution in [1.82, 2.24) is 24.9 Å². The molecule has 0 radical (unpaired) electrons. The number of hydrogen-bond donors (Lipinski definition) is 0. The van der Waals surface area contributed by atoms with Gasteiger partial charge in [-0.1, -0.05) is 31.7 Å². The van der Waals surface area contributed by atoms with Crippen LogP contribution in [0.25, 0.3) is 11.5 Å². The van der Waals surface area contributed by atoms with Gasteiger partial charge in [-0.2, -0.15) is 0 Å². The zero-order valence-corrected chi connectivity index (χ0v) is 23.8. The minimum Gasteiger partial charge on any atom is -0.356 e. The molecule has 0 unspecified atom stereocenters. The fraction of sp³-hybridized carbons (Fsp3) is 0.581. The van der Waals surface area contributed by atoms with Gasteiger partial charge in [0.05, 0.1) is 5.69 Å². The van der Waals surface area contributed by atoms with Crippen LogP contribution in [0.5, 0.6) is 0 Å². The number of pyridine rings is 1. The van der Waals surface area contributed by atoms with Crippen molar-refractivity contribution in [3.8, 4) is 11.5 Å². The molecule has 0 saturated carbocycles. The van der Waals surface area contributed by atoms with E-state index in [9.17, 15) is 0 Å². The topological polar surface area (TPSA) is 70.9 Å². The van der Waals surface area contributed by atoms with Crippen LogP contribution in [0.3, 0.4) is 0 Å². The molecule has 7 rings (SSSR count). The third kappa shape index (κ3) is 6.19. The van der Waals surface area contributed by atoms with Crippen molar-refractivity contribution >= 4 is 23.2 Å². The summed E-state index contributed by atoms with van der Waals surface area (Å²) in [7, 11) is 0. The lowest BCUT2D eigenvalue weighted by Crippen LogP contribution is -2.26. The zero-order valence-electron chi connectivity index (χ0n) is 23.0. The van der Waals surface area contributed by atoms with Crippen molar-refractivity contribution in [3.05, 3.63) is 52.2 Å². The summed E-state index contributed by atoms with van der Waals surface area (Å²) in [6.07, 6.45) is 19.1. The highest BCUT2D eigenvalue weighted by atomic mass is 35.5. The first-order valence-electron chi connectivity index (χ1n) is 15.1. The van der Waals surface area contributed by atoms with Crippen LogP contribution in [-0.4, -0.2) is 51.1 Å². The van der Waals surface area contributed by atoms with Crippen LogP contribution in [-0.2, 0) is 25.7 Å². The molecule has 0 atom stereocenters. The molecule has 0 amide bonds. The Balaban J connectivity index is 0.000000147. The summed E-state index contributed by atoms with van der Waals surface area (Å²) in [6.45, 7) is 4.51. The minimum atomic E-state index is 0.421. The van der Waals surface area contributed by atoms with Gasteiger partial charge >= 0.3 is 0 Å². The Morgan fingerprint density at radius 3 is 1.69 bits per heavy atom. The Morgan fingerprint density at radius 1 is 0.564 bits per heavy atom. The molecule has 206 valence electrons. The highest BCUT2D eigenvalue weighted by molar-refractivity contribution is 6.28. The van der Waals surface area contributed by atoms with E-state index in [1.807, 2.05) is 24.4 Å². The van der Waals surface area contributed by atoms with Crippen molar-refractivity contribution < 1.29 is 0 Å². The normalized spacial score (nSPS) is 19.0. The second kappa shape index (κ2) is 12.6. The second-order valence-corrected chi connectivity index (χ2v) is 11.6. The van der Waals surface area contributed by atoms with Gasteiger partial charge in [0.25, 0.3) is 0 Å². The Morgan fingerprint density at radius 2 is 1.13 bits per heavy atom. The molecular formula is C31H40ClN7. The van der Waals surface area contributed by atoms with Gasteiger partial charge in [-0.3, -0.25) is 4.98 Å². The van der Waals surface area contributed by atoms with Crippen molar-refractivity contribution in [2.45, 2.75) is 89.9 Å². The number of hydrogen-bond acceptors (Lipinski definition) is 7. The van der Waals surface area contributed by atoms with Crippen molar-refractivity contribution in [1.29, 1.82) is 0 Å². The lowest BCUT2D eigenvalue weighted by atomic mass is 10.2. The van der Waals surface area contributed by atoms with E-state index in [-0.39, 0.29) is 0 Å². The number of anilines is 2. The fourth-order valence-corrected chi connectivity index (χ4v) is 6.68. The minimum absolute atomic E-state index is 0.421. The molecule has 0 bridgehead atoms. The lowest BCUT2D eigenvalue weighted by molar-refractivity contribution is 0.726. The van der Waals surface area contributed by atoms with Crippen LogP contribution in [0.15, 0.2) is 24.4 Å². The largest absolute Gasteiger partial charge is 0.356 e. The van der Waals surface area contributed by atoms with Gasteiger partial charge in [-0.25, -0.2) is 19.9 Å². The van der Waals surface area contributed by atoms with Crippen LogP contribution in [0.1, 0.15) is 86.7 Å². The summed E-state index contributed by atoms with van der Waals surface area (Å²) in [4.78, 5) is 27.9. The lowest BCUT2D eigenvalue weighted by Gasteiger charge is -2.24. The van der Waals surface area contributed by atoms with Gasteiger partial charge in [0.1, 0.15) is 17.3 Å². The third-order valence-electron chi connectivity index (χ3n) is 8.50. The van der Waals surface area contributed by atoms with Gasteiger partial charge in [-0.05, 0) is 87.9 Å². The molecule has 2 aliphatic carbocycles. The summed E-state index contributed by atoms with van der Waals surface area (Å²) in [5, 5.41) is 0.421. The summed E-state index contributed by atoms with van der Waals surface area (Å²) < 4.78 is 0. The molecular weight excluding hydrogens is 506 g/mol. The van der Waals surface area contributed by atoms with Gasteiger partial charge < -0.3 is 9.80 Å². The molecule has 3 aromatic heterocycles. The van der Waals surface area contributed by atoms with Crippen molar-refractivity contribution in [2.24, 2.45) is 0 Å². The number of fused-ring (bicyclic) bond motifs is 2. The Hall–Kier alpha value is -2.80. The number of rotatable bonds is 3. The molecule has 3 aromatic rings. The van der Waals surface area contributed by atoms with E-state index in [0.717, 1.165) is 69.2 Å². The molecule has 2 fully saturated rings. The molecule has 2 aliphatic heterocycles. The molecule has 8 heteroatoms. The maximum absolute atomic E-state index is 6.04. The second-order valence-electron chi connectivity index (χ2n) is 11.3. The molecule has 0 N–H and O–H groups in total. The van der Waals surface area contributed by atoms with E-state index in [4.69, 9.17) is 21.6 Å². The summed E-state index contributed by atoms with van der Waals surface area (Å²) >= 11 is 6.04. The van der Waals surface area contributed by atoms with E-state index >= 15 is 0 Å². The summed E-state index contributed by atoms with van der Waals surface area (Å²) in [5.41, 5.74) is 6.06. The van der Waals surface area contributed by atoms with E-state index in [2.05, 4.69) is 24.8 Å². The first-order chi connectivity index (χ1) is 19.3. The number of aromatic nitrogens is 5. The molecule has 0 aromatic carbocycles. The number of aryl methyl sites for hydroxylation is 2. The molecule has 4 aliphatic rings. The Bertz CT molecular complexity index is 1250. The SMILES string of the molecule is Clc1nc2c(c(N3CCCCCC3)n1)CCC2.c1ccc(-c2nc3c(c(N4CCCCCC4)n2)CCC3)nc1. The van der Waals surface area contributed by atoms with E-state index < -0.39 is 0 Å². The van der Waals surface area contributed by atoms with Crippen LogP contribution in [0.2, 0.25) is 5.28 Å².